The van der Waals surface area contributed by atoms with Crippen LogP contribution in [0.5, 0.6) is 0 Å². The van der Waals surface area contributed by atoms with E-state index in [1.165, 1.54) is 16.8 Å². The number of hydrogen-bond acceptors (Lipinski definition) is 10. The van der Waals surface area contributed by atoms with E-state index in [0.717, 1.165) is 5.56 Å². The fourth-order valence-corrected chi connectivity index (χ4v) is 4.20. The van der Waals surface area contributed by atoms with Crippen molar-refractivity contribution < 1.29 is 27.9 Å². The van der Waals surface area contributed by atoms with Gasteiger partial charge >= 0.3 is 19.3 Å². The molecule has 0 spiro atoms. The van der Waals surface area contributed by atoms with Gasteiger partial charge in [0.05, 0.1) is 19.8 Å². The second kappa shape index (κ2) is 10.7. The van der Waals surface area contributed by atoms with Crippen molar-refractivity contribution in [1.82, 2.24) is 9.55 Å². The Balaban J connectivity index is 1.36. The lowest BCUT2D eigenvalue weighted by molar-refractivity contribution is -0.146. The summed E-state index contributed by atoms with van der Waals surface area (Å²) < 4.78 is 35.0. The third-order valence-corrected chi connectivity index (χ3v) is 6.02. The average Bonchev–Trinajstić information content (AvgIpc) is 2.75. The largest absolute Gasteiger partial charge is 0.462 e. The first-order chi connectivity index (χ1) is 14.8. The second-order valence-electron chi connectivity index (χ2n) is 6.91. The zero-order chi connectivity index (χ0) is 22.3. The van der Waals surface area contributed by atoms with E-state index in [9.17, 15) is 14.2 Å². The molecule has 2 heterocycles. The molecular formula is C19H25N4O7P. The molecule has 3 atom stereocenters. The number of hydrogen-bond donors (Lipinski definition) is 2. The van der Waals surface area contributed by atoms with Crippen LogP contribution in [-0.2, 0) is 40.8 Å². The number of nitrogens with zero attached hydrogens (tertiary/aromatic N) is 2. The van der Waals surface area contributed by atoms with E-state index in [4.69, 9.17) is 30.0 Å². The van der Waals surface area contributed by atoms with Crippen LogP contribution in [0.15, 0.2) is 47.4 Å². The van der Waals surface area contributed by atoms with Crippen LogP contribution in [0.4, 0.5) is 5.82 Å². The highest BCUT2D eigenvalue weighted by Crippen LogP contribution is 2.50. The van der Waals surface area contributed by atoms with E-state index < -0.39 is 31.4 Å². The van der Waals surface area contributed by atoms with Gasteiger partial charge in [-0.3, -0.25) is 13.9 Å². The van der Waals surface area contributed by atoms with Crippen molar-refractivity contribution in [3.05, 3.63) is 58.6 Å². The number of nitrogens with two attached hydrogens (primary N) is 2. The van der Waals surface area contributed by atoms with Crippen molar-refractivity contribution in [2.45, 2.75) is 25.1 Å². The molecule has 2 aromatic rings. The van der Waals surface area contributed by atoms with Crippen LogP contribution >= 0.6 is 7.60 Å². The number of esters is 1. The number of aromatic nitrogens is 2. The molecule has 4 N–H and O–H groups in total. The summed E-state index contributed by atoms with van der Waals surface area (Å²) in [6.07, 6.45) is 1.07. The van der Waals surface area contributed by atoms with Crippen molar-refractivity contribution in [2.75, 3.05) is 31.9 Å². The van der Waals surface area contributed by atoms with Crippen LogP contribution < -0.4 is 17.2 Å². The molecule has 1 aliphatic rings. The number of rotatable bonds is 9. The lowest BCUT2D eigenvalue weighted by Crippen LogP contribution is -2.35. The quantitative estimate of drug-likeness (QED) is 0.312. The first-order valence-corrected chi connectivity index (χ1v) is 11.4. The molecule has 1 aromatic carbocycles. The van der Waals surface area contributed by atoms with Crippen LogP contribution in [0.3, 0.4) is 0 Å². The van der Waals surface area contributed by atoms with Gasteiger partial charge in [-0.2, -0.15) is 4.98 Å². The molecule has 2 unspecified atom stereocenters. The maximum atomic E-state index is 12.5. The molecule has 0 bridgehead atoms. The van der Waals surface area contributed by atoms with Gasteiger partial charge in [0.2, 0.25) is 0 Å². The molecular weight excluding hydrogens is 427 g/mol. The highest BCUT2D eigenvalue weighted by molar-refractivity contribution is 7.53. The van der Waals surface area contributed by atoms with Gasteiger partial charge in [0, 0.05) is 6.20 Å². The fraction of sp³-hybridized carbons (Fsp3) is 0.421. The molecule has 1 aliphatic heterocycles. The third-order valence-electron chi connectivity index (χ3n) is 4.44. The summed E-state index contributed by atoms with van der Waals surface area (Å²) in [6, 6.07) is 10.0. The van der Waals surface area contributed by atoms with Gasteiger partial charge in [-0.15, -0.1) is 0 Å². The zero-order valence-electron chi connectivity index (χ0n) is 16.8. The number of carbonyl (C=O) groups excluding carboxylic acids is 1. The minimum atomic E-state index is -3.48. The average molecular weight is 452 g/mol. The summed E-state index contributed by atoms with van der Waals surface area (Å²) in [5, 5.41) is 0. The molecule has 1 fully saturated rings. The van der Waals surface area contributed by atoms with Gasteiger partial charge < -0.3 is 30.0 Å². The highest BCUT2D eigenvalue weighted by atomic mass is 31.2. The van der Waals surface area contributed by atoms with Crippen molar-refractivity contribution in [2.24, 2.45) is 5.73 Å². The Bertz CT molecular complexity index is 973. The van der Waals surface area contributed by atoms with E-state index >= 15 is 0 Å². The van der Waals surface area contributed by atoms with Gasteiger partial charge in [0.25, 0.3) is 0 Å². The first kappa shape index (κ1) is 23.1. The Morgan fingerprint density at radius 2 is 2.06 bits per heavy atom. The van der Waals surface area contributed by atoms with E-state index in [0.29, 0.717) is 6.42 Å². The number of anilines is 1. The fourth-order valence-electron chi connectivity index (χ4n) is 2.84. The van der Waals surface area contributed by atoms with Crippen LogP contribution in [0.2, 0.25) is 0 Å². The molecule has 0 amide bonds. The lowest BCUT2D eigenvalue weighted by Gasteiger charge is -2.29. The molecule has 3 rings (SSSR count). The van der Waals surface area contributed by atoms with Crippen molar-refractivity contribution in [1.29, 1.82) is 0 Å². The van der Waals surface area contributed by atoms with Crippen molar-refractivity contribution in [3.63, 3.8) is 0 Å². The van der Waals surface area contributed by atoms with E-state index in [1.807, 2.05) is 30.3 Å². The Morgan fingerprint density at radius 3 is 2.74 bits per heavy atom. The maximum absolute atomic E-state index is 12.5. The summed E-state index contributed by atoms with van der Waals surface area (Å²) >= 11 is 0. The molecule has 12 heteroatoms. The summed E-state index contributed by atoms with van der Waals surface area (Å²) in [7, 11) is -3.48. The first-order valence-electron chi connectivity index (χ1n) is 9.63. The summed E-state index contributed by atoms with van der Waals surface area (Å²) in [6.45, 7) is -0.111. The molecule has 0 radical (unpaired) electrons. The minimum Gasteiger partial charge on any atom is -0.462 e. The molecule has 11 nitrogen and oxygen atoms in total. The van der Waals surface area contributed by atoms with E-state index in [2.05, 4.69) is 4.98 Å². The summed E-state index contributed by atoms with van der Waals surface area (Å²) in [5.74, 6) is -0.448. The van der Waals surface area contributed by atoms with Crippen molar-refractivity contribution >= 4 is 19.4 Å². The van der Waals surface area contributed by atoms with Gasteiger partial charge in [0.1, 0.15) is 30.9 Å². The molecule has 31 heavy (non-hydrogen) atoms. The number of benzene rings is 1. The lowest BCUT2D eigenvalue weighted by atomic mass is 10.1. The Labute approximate surface area is 178 Å². The third kappa shape index (κ3) is 6.98. The molecule has 0 saturated carbocycles. The monoisotopic (exact) mass is 452 g/mol. The van der Waals surface area contributed by atoms with Gasteiger partial charge in [0.15, 0.2) is 0 Å². The van der Waals surface area contributed by atoms with E-state index in [-0.39, 0.29) is 38.5 Å². The number of carbonyl (C=O) groups is 1. The second-order valence-corrected chi connectivity index (χ2v) is 8.91. The topological polar surface area (TPSA) is 158 Å². The van der Waals surface area contributed by atoms with Crippen LogP contribution in [0, 0.1) is 0 Å². The molecule has 1 saturated heterocycles. The predicted molar refractivity (Wildman–Crippen MR) is 111 cm³/mol. The summed E-state index contributed by atoms with van der Waals surface area (Å²) in [4.78, 5) is 27.4. The highest BCUT2D eigenvalue weighted by Gasteiger charge is 2.33. The predicted octanol–water partition coefficient (Wildman–Crippen LogP) is 0.521. The smallest absolute Gasteiger partial charge is 0.356 e. The van der Waals surface area contributed by atoms with Crippen LogP contribution in [-0.4, -0.2) is 53.8 Å². The zero-order valence-corrected chi connectivity index (χ0v) is 17.7. The Kier molecular flexibility index (Phi) is 7.94. The van der Waals surface area contributed by atoms with Gasteiger partial charge in [-0.1, -0.05) is 30.3 Å². The maximum Gasteiger partial charge on any atom is 0.356 e. The SMILES string of the molecule is Nc1ccn(C[C@H]2COP(=O)(OCCOC(=O)C(N)Cc3ccccc3)CO2)c(=O)n1. The molecule has 0 aliphatic carbocycles. The number of ether oxygens (including phenoxy) is 2. The minimum absolute atomic E-state index is 0.0319. The van der Waals surface area contributed by atoms with Gasteiger partial charge in [-0.25, -0.2) is 4.79 Å². The van der Waals surface area contributed by atoms with Crippen molar-refractivity contribution in [3.8, 4) is 0 Å². The van der Waals surface area contributed by atoms with Gasteiger partial charge in [-0.05, 0) is 18.1 Å². The molecule has 168 valence electrons. The van der Waals surface area contributed by atoms with Crippen LogP contribution in [0.25, 0.3) is 0 Å². The number of nitrogen functional groups attached to an aromatic ring is 1. The van der Waals surface area contributed by atoms with E-state index in [1.54, 1.807) is 0 Å². The summed E-state index contributed by atoms with van der Waals surface area (Å²) in [5.41, 5.74) is 11.7. The molecule has 1 aromatic heterocycles. The normalized spacial score (nSPS) is 22.0. The van der Waals surface area contributed by atoms with Crippen LogP contribution in [0.1, 0.15) is 5.56 Å². The Morgan fingerprint density at radius 1 is 1.29 bits per heavy atom. The standard InChI is InChI=1S/C19H25N4O7P/c20-16(10-14-4-2-1-3-5-14)18(24)27-8-9-29-31(26)13-28-15(12-30-31)11-23-7-6-17(21)22-19(23)25/h1-7,15-16H,8-13,20H2,(H2,21,22,25)/t15-,16?,31?/m0/s1. The Hall–Kier alpha value is -2.56.